The number of hydrogen-bond acceptors (Lipinski definition) is 4. The van der Waals surface area contributed by atoms with Gasteiger partial charge in [0, 0.05) is 6.42 Å². The molecule has 17 heavy (non-hydrogen) atoms. The first-order chi connectivity index (χ1) is 7.41. The molecule has 0 saturated carbocycles. The lowest BCUT2D eigenvalue weighted by Gasteiger charge is -1.97. The van der Waals surface area contributed by atoms with Crippen LogP contribution in [0.15, 0.2) is 0 Å². The van der Waals surface area contributed by atoms with Gasteiger partial charge in [-0.1, -0.05) is 0 Å². The highest BCUT2D eigenvalue weighted by molar-refractivity contribution is 14.1. The summed E-state index contributed by atoms with van der Waals surface area (Å²) in [5.74, 6) is -1.20. The Hall–Kier alpha value is -0.630. The maximum Gasteiger partial charge on any atom is 0.522 e. The van der Waals surface area contributed by atoms with Crippen LogP contribution >= 0.6 is 22.9 Å². The first-order valence-corrected chi connectivity index (χ1v) is 6.08. The minimum absolute atomic E-state index is 0.0538. The molecule has 0 heterocycles. The minimum atomic E-state index is -5.84. The van der Waals surface area contributed by atoms with E-state index < -0.39 is 21.6 Å². The summed E-state index contributed by atoms with van der Waals surface area (Å²) in [6.45, 7) is 0. The van der Waals surface area contributed by atoms with Crippen LogP contribution in [0.2, 0.25) is 0 Å². The van der Waals surface area contributed by atoms with Gasteiger partial charge in [-0.05, 0) is 0 Å². The lowest BCUT2D eigenvalue weighted by molar-refractivity contribution is -0.138. The van der Waals surface area contributed by atoms with Gasteiger partial charge in [-0.2, -0.15) is 21.6 Å². The summed E-state index contributed by atoms with van der Waals surface area (Å²) in [5, 5.41) is 8.08. The molecule has 0 atom stereocenters. The second kappa shape index (κ2) is 7.65. The number of hydrogen-bond donors (Lipinski definition) is 3. The fourth-order valence-electron chi connectivity index (χ4n) is 0.268. The van der Waals surface area contributed by atoms with E-state index in [1.165, 1.54) is 0 Å². The predicted molar refractivity (Wildman–Crippen MR) is 56.6 cm³/mol. The third-order valence-electron chi connectivity index (χ3n) is 0.964. The summed E-state index contributed by atoms with van der Waals surface area (Å²) in [5.41, 5.74) is -5.53. The Morgan fingerprint density at radius 1 is 1.24 bits per heavy atom. The largest absolute Gasteiger partial charge is 0.522 e. The van der Waals surface area contributed by atoms with Crippen LogP contribution in [-0.2, 0) is 19.7 Å². The molecule has 1 amide bonds. The van der Waals surface area contributed by atoms with Gasteiger partial charge in [0.2, 0.25) is 5.91 Å². The van der Waals surface area contributed by atoms with Crippen molar-refractivity contribution in [3.8, 4) is 0 Å². The molecule has 102 valence electrons. The number of carboxylic acids is 1. The van der Waals surface area contributed by atoms with E-state index in [1.807, 2.05) is 0 Å². The number of amides is 1. The molecule has 0 aliphatic carbocycles. The van der Waals surface area contributed by atoms with Crippen LogP contribution < -0.4 is 3.53 Å². The Kier molecular flexibility index (Phi) is 8.43. The number of carboxylic acid groups (broad SMARTS) is 1. The highest BCUT2D eigenvalue weighted by Crippen LogP contribution is 2.20. The molecule has 3 N–H and O–H groups in total. The maximum atomic E-state index is 10.7. The van der Waals surface area contributed by atoms with Crippen molar-refractivity contribution in [1.82, 2.24) is 3.53 Å². The quantitative estimate of drug-likeness (QED) is 0.281. The van der Waals surface area contributed by atoms with E-state index in [2.05, 4.69) is 3.53 Å². The van der Waals surface area contributed by atoms with Gasteiger partial charge in [0.1, 0.15) is 0 Å². The monoisotopic (exact) mass is 393 g/mol. The highest BCUT2D eigenvalue weighted by atomic mass is 127. The number of carbonyl (C=O) groups excluding carboxylic acids is 1. The molecule has 0 aromatic rings. The summed E-state index contributed by atoms with van der Waals surface area (Å²) in [4.78, 5) is 20.2. The van der Waals surface area contributed by atoms with Crippen LogP contribution in [0.5, 0.6) is 0 Å². The van der Waals surface area contributed by atoms with E-state index in [-0.39, 0.29) is 18.7 Å². The summed E-state index contributed by atoms with van der Waals surface area (Å²) < 4.78 is 59.8. The van der Waals surface area contributed by atoms with Crippen molar-refractivity contribution in [1.29, 1.82) is 0 Å². The molecule has 12 heteroatoms. The van der Waals surface area contributed by atoms with Gasteiger partial charge in [-0.25, -0.2) is 0 Å². The van der Waals surface area contributed by atoms with Crippen molar-refractivity contribution in [3.05, 3.63) is 0 Å². The summed E-state index contributed by atoms with van der Waals surface area (Å²) in [6, 6.07) is 0. The Balaban J connectivity index is 0. The van der Waals surface area contributed by atoms with E-state index in [4.69, 9.17) is 18.1 Å². The van der Waals surface area contributed by atoms with Crippen molar-refractivity contribution < 1.29 is 40.8 Å². The Bertz CT molecular complexity index is 366. The van der Waals surface area contributed by atoms with E-state index >= 15 is 0 Å². The van der Waals surface area contributed by atoms with E-state index in [1.54, 1.807) is 22.9 Å². The molecule has 0 aliphatic heterocycles. The number of halogens is 4. The standard InChI is InChI=1S/C4H6INO3.CHF3O3S/c5-6-3(7)1-2-4(8)9;2-1(3,4)8(5,6)7/h1-2H2,(H,6,7)(H,8,9);(H,5,6,7). The average molecular weight is 393 g/mol. The van der Waals surface area contributed by atoms with Gasteiger partial charge in [0.25, 0.3) is 0 Å². The molecule has 0 saturated heterocycles. The minimum Gasteiger partial charge on any atom is -0.481 e. The van der Waals surface area contributed by atoms with Crippen molar-refractivity contribution in [3.63, 3.8) is 0 Å². The zero-order valence-corrected chi connectivity index (χ0v) is 10.8. The van der Waals surface area contributed by atoms with Crippen LogP contribution in [0.25, 0.3) is 0 Å². The van der Waals surface area contributed by atoms with E-state index in [0.717, 1.165) is 0 Å². The molecule has 7 nitrogen and oxygen atoms in total. The third-order valence-corrected chi connectivity index (χ3v) is 2.15. The van der Waals surface area contributed by atoms with Gasteiger partial charge in [-0.3, -0.25) is 17.7 Å². The summed E-state index contributed by atoms with van der Waals surface area (Å²) in [7, 11) is -5.84. The Morgan fingerprint density at radius 2 is 1.59 bits per heavy atom. The molecule has 0 aliphatic rings. The Labute approximate surface area is 108 Å². The number of carbonyl (C=O) groups is 2. The molecule has 0 bridgehead atoms. The fourth-order valence-corrected chi connectivity index (χ4v) is 0.537. The van der Waals surface area contributed by atoms with Crippen LogP contribution in [0, 0.1) is 0 Å². The average Bonchev–Trinajstić information content (AvgIpc) is 2.11. The summed E-state index contributed by atoms with van der Waals surface area (Å²) >= 11 is 1.67. The van der Waals surface area contributed by atoms with Gasteiger partial charge < -0.3 is 5.11 Å². The molecule has 0 aromatic heterocycles. The number of rotatable bonds is 3. The van der Waals surface area contributed by atoms with Gasteiger partial charge in [-0.15, -0.1) is 0 Å². The third kappa shape index (κ3) is 11.6. The normalized spacial score (nSPS) is 11.1. The highest BCUT2D eigenvalue weighted by Gasteiger charge is 2.44. The fraction of sp³-hybridized carbons (Fsp3) is 0.600. The van der Waals surface area contributed by atoms with Crippen LogP contribution in [0.1, 0.15) is 12.8 Å². The smallest absolute Gasteiger partial charge is 0.481 e. The molecule has 0 radical (unpaired) electrons. The van der Waals surface area contributed by atoms with Crippen LogP contribution in [0.3, 0.4) is 0 Å². The first-order valence-electron chi connectivity index (χ1n) is 3.56. The second-order valence-electron chi connectivity index (χ2n) is 2.33. The van der Waals surface area contributed by atoms with Gasteiger partial charge >= 0.3 is 21.6 Å². The molecule has 0 fully saturated rings. The van der Waals surface area contributed by atoms with Crippen LogP contribution in [0.4, 0.5) is 13.2 Å². The molecular formula is C5H7F3INO6S. The molecule has 0 rings (SSSR count). The molecule has 0 spiro atoms. The van der Waals surface area contributed by atoms with Crippen molar-refractivity contribution in [2.45, 2.75) is 18.3 Å². The molecule has 0 aromatic carbocycles. The van der Waals surface area contributed by atoms with E-state index in [9.17, 15) is 22.8 Å². The topological polar surface area (TPSA) is 121 Å². The zero-order chi connectivity index (χ0) is 14.3. The zero-order valence-electron chi connectivity index (χ0n) is 7.86. The lowest BCUT2D eigenvalue weighted by Crippen LogP contribution is -2.21. The SMILES string of the molecule is O=C(O)CCC(=O)NI.O=S(=O)(O)C(F)(F)F. The predicted octanol–water partition coefficient (Wildman–Crippen LogP) is 0.711. The molecule has 0 unspecified atom stereocenters. The second-order valence-corrected chi connectivity index (χ2v) is 4.28. The van der Waals surface area contributed by atoms with Gasteiger partial charge in [0.15, 0.2) is 0 Å². The summed E-state index contributed by atoms with van der Waals surface area (Å²) in [6.07, 6.45) is -0.0485. The number of aliphatic carboxylic acids is 1. The van der Waals surface area contributed by atoms with Crippen molar-refractivity contribution in [2.75, 3.05) is 0 Å². The van der Waals surface area contributed by atoms with E-state index in [0.29, 0.717) is 0 Å². The lowest BCUT2D eigenvalue weighted by atomic mass is 10.3. The number of alkyl halides is 3. The Morgan fingerprint density at radius 3 is 1.76 bits per heavy atom. The van der Waals surface area contributed by atoms with Gasteiger partial charge in [0.05, 0.1) is 29.3 Å². The number of nitrogens with one attached hydrogen (secondary N) is 1. The van der Waals surface area contributed by atoms with Crippen molar-refractivity contribution >= 4 is 44.9 Å². The molecular weight excluding hydrogens is 386 g/mol. The van der Waals surface area contributed by atoms with Crippen molar-refractivity contribution in [2.24, 2.45) is 0 Å². The first kappa shape index (κ1) is 18.7. The van der Waals surface area contributed by atoms with Crippen LogP contribution in [-0.4, -0.2) is 35.5 Å². The maximum absolute atomic E-state index is 10.7.